The lowest BCUT2D eigenvalue weighted by Crippen LogP contribution is -2.40. The van der Waals surface area contributed by atoms with Gasteiger partial charge in [0, 0.05) is 12.5 Å². The molecule has 0 aliphatic carbocycles. The fraction of sp³-hybridized carbons (Fsp3) is 0.619. The van der Waals surface area contributed by atoms with E-state index in [0.29, 0.717) is 6.61 Å². The summed E-state index contributed by atoms with van der Waals surface area (Å²) in [5.41, 5.74) is 2.01. The number of rotatable bonds is 6. The molecule has 4 heteroatoms. The third-order valence-electron chi connectivity index (χ3n) is 5.39. The third kappa shape index (κ3) is 4.61. The summed E-state index contributed by atoms with van der Waals surface area (Å²) < 4.78 is 11.2. The van der Waals surface area contributed by atoms with Gasteiger partial charge in [-0.2, -0.15) is 5.26 Å². The Morgan fingerprint density at radius 3 is 2.64 bits per heavy atom. The number of nitrogens with zero attached hydrogens (tertiary/aromatic N) is 1. The lowest BCUT2D eigenvalue weighted by atomic mass is 9.70. The minimum absolute atomic E-state index is 0.167. The van der Waals surface area contributed by atoms with Crippen molar-refractivity contribution in [3.8, 4) is 6.07 Å². The lowest BCUT2D eigenvalue weighted by molar-refractivity contribution is -0.148. The molecule has 1 aromatic carbocycles. The Morgan fingerprint density at radius 2 is 2.08 bits per heavy atom. The van der Waals surface area contributed by atoms with Crippen molar-refractivity contribution in [2.24, 2.45) is 11.8 Å². The molecule has 4 nitrogen and oxygen atoms in total. The predicted octanol–water partition coefficient (Wildman–Crippen LogP) is 4.38. The first kappa shape index (κ1) is 19.5. The van der Waals surface area contributed by atoms with E-state index >= 15 is 0 Å². The summed E-state index contributed by atoms with van der Waals surface area (Å²) in [6, 6.07) is 10.4. The zero-order valence-electron chi connectivity index (χ0n) is 15.7. The molecule has 4 atom stereocenters. The van der Waals surface area contributed by atoms with Crippen LogP contribution in [-0.2, 0) is 14.3 Å². The van der Waals surface area contributed by atoms with Gasteiger partial charge in [-0.3, -0.25) is 4.79 Å². The fourth-order valence-electron chi connectivity index (χ4n) is 3.76. The number of carbonyl (C=O) groups is 1. The van der Waals surface area contributed by atoms with E-state index in [4.69, 9.17) is 9.47 Å². The summed E-state index contributed by atoms with van der Waals surface area (Å²) in [5, 5.41) is 9.75. The Labute approximate surface area is 151 Å². The minimum atomic E-state index is -0.785. The normalized spacial score (nSPS) is 25.6. The molecule has 1 aromatic rings. The molecule has 1 heterocycles. The highest BCUT2D eigenvalue weighted by Gasteiger charge is 2.42. The van der Waals surface area contributed by atoms with E-state index in [0.717, 1.165) is 30.4 Å². The monoisotopic (exact) mass is 343 g/mol. The molecule has 1 fully saturated rings. The van der Waals surface area contributed by atoms with E-state index in [-0.39, 0.29) is 24.0 Å². The van der Waals surface area contributed by atoms with Crippen LogP contribution in [0.15, 0.2) is 24.3 Å². The SMILES string of the molecule is CCOC(=O)C(C#N)C(c1ccc(C)cc1)C1CCOC(C)(CC)C1. The predicted molar refractivity (Wildman–Crippen MR) is 97.0 cm³/mol. The summed E-state index contributed by atoms with van der Waals surface area (Å²) in [6.45, 7) is 9.01. The maximum Gasteiger partial charge on any atom is 0.323 e. The Kier molecular flexibility index (Phi) is 6.61. The highest BCUT2D eigenvalue weighted by atomic mass is 16.5. The van der Waals surface area contributed by atoms with Crippen LogP contribution in [0.3, 0.4) is 0 Å². The number of nitriles is 1. The maximum atomic E-state index is 12.5. The van der Waals surface area contributed by atoms with Gasteiger partial charge in [0.2, 0.25) is 0 Å². The van der Waals surface area contributed by atoms with Crippen LogP contribution in [0.25, 0.3) is 0 Å². The van der Waals surface area contributed by atoms with Crippen molar-refractivity contribution in [2.45, 2.75) is 58.5 Å². The number of carbonyl (C=O) groups excluding carboxylic acids is 1. The Hall–Kier alpha value is -1.86. The summed E-state index contributed by atoms with van der Waals surface area (Å²) >= 11 is 0. The summed E-state index contributed by atoms with van der Waals surface area (Å²) in [5.74, 6) is -1.15. The summed E-state index contributed by atoms with van der Waals surface area (Å²) in [4.78, 5) is 12.5. The van der Waals surface area contributed by atoms with Crippen LogP contribution in [0.2, 0.25) is 0 Å². The zero-order valence-corrected chi connectivity index (χ0v) is 15.7. The summed E-state index contributed by atoms with van der Waals surface area (Å²) in [7, 11) is 0. The molecule has 25 heavy (non-hydrogen) atoms. The van der Waals surface area contributed by atoms with E-state index in [1.807, 2.05) is 31.2 Å². The van der Waals surface area contributed by atoms with Crippen LogP contribution < -0.4 is 0 Å². The van der Waals surface area contributed by atoms with Crippen molar-refractivity contribution in [1.82, 2.24) is 0 Å². The van der Waals surface area contributed by atoms with Crippen LogP contribution >= 0.6 is 0 Å². The average molecular weight is 343 g/mol. The zero-order chi connectivity index (χ0) is 18.4. The first-order valence-electron chi connectivity index (χ1n) is 9.21. The molecule has 0 amide bonds. The fourth-order valence-corrected chi connectivity index (χ4v) is 3.76. The van der Waals surface area contributed by atoms with Crippen molar-refractivity contribution in [1.29, 1.82) is 5.26 Å². The van der Waals surface area contributed by atoms with Gasteiger partial charge >= 0.3 is 5.97 Å². The number of benzene rings is 1. The average Bonchev–Trinajstić information content (AvgIpc) is 2.61. The molecule has 0 aromatic heterocycles. The van der Waals surface area contributed by atoms with E-state index < -0.39 is 11.9 Å². The van der Waals surface area contributed by atoms with Crippen LogP contribution in [0.1, 0.15) is 57.1 Å². The van der Waals surface area contributed by atoms with Crippen molar-refractivity contribution in [3.05, 3.63) is 35.4 Å². The summed E-state index contributed by atoms with van der Waals surface area (Å²) in [6.07, 6.45) is 2.62. The second kappa shape index (κ2) is 8.49. The number of hydrogen-bond donors (Lipinski definition) is 0. The van der Waals surface area contributed by atoms with Gasteiger partial charge in [-0.15, -0.1) is 0 Å². The van der Waals surface area contributed by atoms with Crippen molar-refractivity contribution >= 4 is 5.97 Å². The molecular formula is C21H29NO3. The highest BCUT2D eigenvalue weighted by Crippen LogP contribution is 2.43. The number of aryl methyl sites for hydroxylation is 1. The van der Waals surface area contributed by atoms with Gasteiger partial charge in [0.05, 0.1) is 18.3 Å². The topological polar surface area (TPSA) is 59.3 Å². The largest absolute Gasteiger partial charge is 0.465 e. The van der Waals surface area contributed by atoms with Crippen molar-refractivity contribution in [2.75, 3.05) is 13.2 Å². The molecule has 2 rings (SSSR count). The molecule has 0 spiro atoms. The van der Waals surface area contributed by atoms with E-state index in [1.54, 1.807) is 6.92 Å². The van der Waals surface area contributed by atoms with Gasteiger partial charge in [-0.05, 0) is 51.5 Å². The van der Waals surface area contributed by atoms with Crippen LogP contribution in [0.4, 0.5) is 0 Å². The van der Waals surface area contributed by atoms with E-state index in [1.165, 1.54) is 0 Å². The molecule has 4 unspecified atom stereocenters. The van der Waals surface area contributed by atoms with Crippen LogP contribution in [0, 0.1) is 30.1 Å². The van der Waals surface area contributed by atoms with E-state index in [2.05, 4.69) is 19.9 Å². The molecule has 1 aliphatic rings. The Balaban J connectivity index is 2.39. The van der Waals surface area contributed by atoms with Gasteiger partial charge in [0.1, 0.15) is 0 Å². The first-order chi connectivity index (χ1) is 11.9. The van der Waals surface area contributed by atoms with Gasteiger partial charge in [-0.25, -0.2) is 0 Å². The Morgan fingerprint density at radius 1 is 1.40 bits per heavy atom. The molecule has 1 saturated heterocycles. The van der Waals surface area contributed by atoms with Crippen molar-refractivity contribution < 1.29 is 14.3 Å². The number of esters is 1. The molecule has 0 saturated carbocycles. The Bertz CT molecular complexity index is 619. The smallest absolute Gasteiger partial charge is 0.323 e. The third-order valence-corrected chi connectivity index (χ3v) is 5.39. The van der Waals surface area contributed by atoms with Gasteiger partial charge in [0.15, 0.2) is 5.92 Å². The van der Waals surface area contributed by atoms with Crippen LogP contribution in [0.5, 0.6) is 0 Å². The molecule has 0 radical (unpaired) electrons. The maximum absolute atomic E-state index is 12.5. The lowest BCUT2D eigenvalue weighted by Gasteiger charge is -2.41. The molecule has 136 valence electrons. The van der Waals surface area contributed by atoms with Crippen LogP contribution in [-0.4, -0.2) is 24.8 Å². The number of ether oxygens (including phenoxy) is 2. The molecule has 0 bridgehead atoms. The highest BCUT2D eigenvalue weighted by molar-refractivity contribution is 5.76. The second-order valence-corrected chi connectivity index (χ2v) is 7.20. The molecule has 1 aliphatic heterocycles. The van der Waals surface area contributed by atoms with Gasteiger partial charge in [-0.1, -0.05) is 36.8 Å². The van der Waals surface area contributed by atoms with Gasteiger partial charge < -0.3 is 9.47 Å². The molecular weight excluding hydrogens is 314 g/mol. The quantitative estimate of drug-likeness (QED) is 0.719. The number of hydrogen-bond acceptors (Lipinski definition) is 4. The first-order valence-corrected chi connectivity index (χ1v) is 9.21. The van der Waals surface area contributed by atoms with Gasteiger partial charge in [0.25, 0.3) is 0 Å². The standard InChI is InChI=1S/C21H29NO3/c1-5-21(4)13-17(11-12-25-21)19(16-9-7-15(3)8-10-16)18(14-22)20(23)24-6-2/h7-10,17-19H,5-6,11-13H2,1-4H3. The van der Waals surface area contributed by atoms with Crippen molar-refractivity contribution in [3.63, 3.8) is 0 Å². The minimum Gasteiger partial charge on any atom is -0.465 e. The second-order valence-electron chi connectivity index (χ2n) is 7.20. The molecule has 0 N–H and O–H groups in total. The van der Waals surface area contributed by atoms with E-state index in [9.17, 15) is 10.1 Å².